The molecule has 2 nitrogen and oxygen atoms in total. The van der Waals surface area contributed by atoms with Gasteiger partial charge in [-0.2, -0.15) is 11.8 Å². The van der Waals surface area contributed by atoms with Crippen molar-refractivity contribution in [1.82, 2.24) is 0 Å². The first-order valence-corrected chi connectivity index (χ1v) is 9.91. The summed E-state index contributed by atoms with van der Waals surface area (Å²) < 4.78 is 6.24. The third-order valence-corrected chi connectivity index (χ3v) is 5.85. The lowest BCUT2D eigenvalue weighted by Crippen LogP contribution is -2.29. The van der Waals surface area contributed by atoms with Gasteiger partial charge in [0.2, 0.25) is 0 Å². The Morgan fingerprint density at radius 2 is 1.67 bits per heavy atom. The summed E-state index contributed by atoms with van der Waals surface area (Å²) in [4.78, 5) is 0. The maximum Gasteiger partial charge on any atom is 0.122 e. The highest BCUT2D eigenvalue weighted by Crippen LogP contribution is 2.49. The van der Waals surface area contributed by atoms with Crippen LogP contribution in [0.25, 0.3) is 0 Å². The van der Waals surface area contributed by atoms with Crippen molar-refractivity contribution in [3.8, 4) is 0 Å². The van der Waals surface area contributed by atoms with Gasteiger partial charge >= 0.3 is 0 Å². The minimum absolute atomic E-state index is 0.0105. The molecule has 2 aromatic rings. The molecule has 3 rings (SSSR count). The van der Waals surface area contributed by atoms with Crippen molar-refractivity contribution in [1.29, 1.82) is 0 Å². The number of aliphatic hydroxyl groups is 1. The standard InChI is InChI=1S/C19H20Cl2O2S/c1-2-24-12-17-11-19(22,14-5-9-16(21)10-6-14)18(23-17)13-3-7-15(20)8-4-13/h3-10,17-18,22H,2,11-12H2,1H3/t17-,18+,19-/m1/s1. The van der Waals surface area contributed by atoms with Gasteiger partial charge in [0.15, 0.2) is 0 Å². The third kappa shape index (κ3) is 3.76. The van der Waals surface area contributed by atoms with Crippen molar-refractivity contribution in [3.63, 3.8) is 0 Å². The number of halogens is 2. The second kappa shape index (κ2) is 7.67. The Hall–Kier alpha value is -0.710. The molecule has 2 aromatic carbocycles. The second-order valence-corrected chi connectivity index (χ2v) is 8.18. The zero-order valence-electron chi connectivity index (χ0n) is 13.4. The highest BCUT2D eigenvalue weighted by atomic mass is 35.5. The van der Waals surface area contributed by atoms with Crippen LogP contribution < -0.4 is 0 Å². The fourth-order valence-corrected chi connectivity index (χ4v) is 4.10. The normalized spacial score (nSPS) is 26.7. The van der Waals surface area contributed by atoms with Gasteiger partial charge in [0.1, 0.15) is 11.7 Å². The van der Waals surface area contributed by atoms with E-state index in [2.05, 4.69) is 6.92 Å². The lowest BCUT2D eigenvalue weighted by Gasteiger charge is -2.29. The van der Waals surface area contributed by atoms with Gasteiger partial charge in [0.05, 0.1) is 6.10 Å². The van der Waals surface area contributed by atoms with Gasteiger partial charge in [-0.05, 0) is 41.1 Å². The third-order valence-electron chi connectivity index (χ3n) is 4.33. The summed E-state index contributed by atoms with van der Waals surface area (Å²) in [6, 6.07) is 14.9. The van der Waals surface area contributed by atoms with Crippen LogP contribution in [0.4, 0.5) is 0 Å². The Labute approximate surface area is 157 Å². The minimum atomic E-state index is -1.07. The van der Waals surface area contributed by atoms with Crippen molar-refractivity contribution >= 4 is 35.0 Å². The molecule has 0 radical (unpaired) electrons. The summed E-state index contributed by atoms with van der Waals surface area (Å²) in [5.41, 5.74) is 0.689. The first-order chi connectivity index (χ1) is 11.5. The molecule has 5 heteroatoms. The van der Waals surface area contributed by atoms with Gasteiger partial charge in [-0.25, -0.2) is 0 Å². The molecule has 0 amide bonds. The number of rotatable bonds is 5. The van der Waals surface area contributed by atoms with E-state index in [0.717, 1.165) is 22.6 Å². The van der Waals surface area contributed by atoms with Crippen LogP contribution in [-0.4, -0.2) is 22.7 Å². The second-order valence-electron chi connectivity index (χ2n) is 5.98. The van der Waals surface area contributed by atoms with Crippen molar-refractivity contribution in [2.75, 3.05) is 11.5 Å². The number of thioether (sulfide) groups is 1. The number of benzene rings is 2. The lowest BCUT2D eigenvalue weighted by molar-refractivity contribution is -0.0514. The molecule has 1 heterocycles. The maximum atomic E-state index is 11.5. The Morgan fingerprint density at radius 1 is 1.08 bits per heavy atom. The van der Waals surface area contributed by atoms with E-state index in [4.69, 9.17) is 27.9 Å². The van der Waals surface area contributed by atoms with E-state index in [9.17, 15) is 5.11 Å². The molecule has 1 aliphatic rings. The highest BCUT2D eigenvalue weighted by molar-refractivity contribution is 7.99. The first-order valence-electron chi connectivity index (χ1n) is 8.00. The fraction of sp³-hybridized carbons (Fsp3) is 0.368. The lowest BCUT2D eigenvalue weighted by atomic mass is 9.83. The predicted octanol–water partition coefficient (Wildman–Crippen LogP) is 5.46. The van der Waals surface area contributed by atoms with Crippen molar-refractivity contribution < 1.29 is 9.84 Å². The zero-order chi connectivity index (χ0) is 17.2. The molecule has 0 saturated carbocycles. The molecule has 3 atom stereocenters. The Morgan fingerprint density at radius 3 is 2.25 bits per heavy atom. The molecule has 1 fully saturated rings. The summed E-state index contributed by atoms with van der Waals surface area (Å²) in [5, 5.41) is 12.8. The first kappa shape index (κ1) is 18.1. The Balaban J connectivity index is 1.95. The average molecular weight is 383 g/mol. The van der Waals surface area contributed by atoms with Gasteiger partial charge in [-0.15, -0.1) is 0 Å². The predicted molar refractivity (Wildman–Crippen MR) is 102 cm³/mol. The minimum Gasteiger partial charge on any atom is -0.382 e. The van der Waals surface area contributed by atoms with Crippen LogP contribution in [0.5, 0.6) is 0 Å². The van der Waals surface area contributed by atoms with E-state index < -0.39 is 11.7 Å². The van der Waals surface area contributed by atoms with Crippen LogP contribution in [0, 0.1) is 0 Å². The van der Waals surface area contributed by atoms with Crippen molar-refractivity contribution in [2.24, 2.45) is 0 Å². The van der Waals surface area contributed by atoms with Crippen LogP contribution in [0.1, 0.15) is 30.6 Å². The summed E-state index contributed by atoms with van der Waals surface area (Å²) in [6.45, 7) is 2.13. The van der Waals surface area contributed by atoms with Gasteiger partial charge in [-0.1, -0.05) is 54.4 Å². The van der Waals surface area contributed by atoms with Gasteiger partial charge in [0.25, 0.3) is 0 Å². The van der Waals surface area contributed by atoms with Crippen molar-refractivity contribution in [2.45, 2.75) is 31.2 Å². The SMILES string of the molecule is CCSC[C@H]1C[C@@](O)(c2ccc(Cl)cc2)[C@H](c2ccc(Cl)cc2)O1. The van der Waals surface area contributed by atoms with Crippen LogP contribution in [0.15, 0.2) is 48.5 Å². The van der Waals surface area contributed by atoms with Crippen LogP contribution in [0.2, 0.25) is 10.0 Å². The van der Waals surface area contributed by atoms with E-state index >= 15 is 0 Å². The van der Waals surface area contributed by atoms with Crippen molar-refractivity contribution in [3.05, 3.63) is 69.7 Å². The Kier molecular flexibility index (Phi) is 5.78. The van der Waals surface area contributed by atoms with E-state index in [-0.39, 0.29) is 6.10 Å². The summed E-state index contributed by atoms with van der Waals surface area (Å²) in [6.07, 6.45) is 0.157. The quantitative estimate of drug-likeness (QED) is 0.743. The van der Waals surface area contributed by atoms with Gasteiger partial charge < -0.3 is 9.84 Å². The summed E-state index contributed by atoms with van der Waals surface area (Å²) in [5.74, 6) is 1.90. The van der Waals surface area contributed by atoms with Crippen LogP contribution in [-0.2, 0) is 10.3 Å². The molecule has 24 heavy (non-hydrogen) atoms. The molecular formula is C19H20Cl2O2S. The number of ether oxygens (including phenoxy) is 1. The number of hydrogen-bond donors (Lipinski definition) is 1. The average Bonchev–Trinajstić information content (AvgIpc) is 2.92. The zero-order valence-corrected chi connectivity index (χ0v) is 15.7. The fourth-order valence-electron chi connectivity index (χ4n) is 3.15. The summed E-state index contributed by atoms with van der Waals surface area (Å²) in [7, 11) is 0. The maximum absolute atomic E-state index is 11.5. The van der Waals surface area contributed by atoms with Gasteiger partial charge in [-0.3, -0.25) is 0 Å². The van der Waals surface area contributed by atoms with E-state index in [1.54, 1.807) is 0 Å². The highest BCUT2D eigenvalue weighted by Gasteiger charge is 2.49. The largest absolute Gasteiger partial charge is 0.382 e. The number of hydrogen-bond acceptors (Lipinski definition) is 3. The molecule has 0 aliphatic carbocycles. The van der Waals surface area contributed by atoms with E-state index in [0.29, 0.717) is 16.5 Å². The molecule has 0 aromatic heterocycles. The Bertz CT molecular complexity index is 675. The molecule has 0 unspecified atom stereocenters. The molecule has 0 bridgehead atoms. The molecule has 128 valence electrons. The van der Waals surface area contributed by atoms with Gasteiger partial charge in [0, 0.05) is 22.2 Å². The van der Waals surface area contributed by atoms with Crippen LogP contribution >= 0.6 is 35.0 Å². The van der Waals surface area contributed by atoms with Crippen LogP contribution in [0.3, 0.4) is 0 Å². The molecule has 0 spiro atoms. The van der Waals surface area contributed by atoms with E-state index in [1.807, 2.05) is 60.3 Å². The molecular weight excluding hydrogens is 363 g/mol. The molecule has 1 N–H and O–H groups in total. The smallest absolute Gasteiger partial charge is 0.122 e. The summed E-state index contributed by atoms with van der Waals surface area (Å²) >= 11 is 13.8. The molecule has 1 saturated heterocycles. The van der Waals surface area contributed by atoms with E-state index in [1.165, 1.54) is 0 Å². The molecule has 1 aliphatic heterocycles. The monoisotopic (exact) mass is 382 g/mol. The topological polar surface area (TPSA) is 29.5 Å².